The Balaban J connectivity index is 5.35. The SMILES string of the molecule is CC(C)[Si](C)(C)O[Si](O[SiH](C)C)(O[SiH](C)C)O[SiH](C)C. The molecule has 0 aromatic heterocycles. The maximum absolute atomic E-state index is 6.53. The highest BCUT2D eigenvalue weighted by Crippen LogP contribution is 2.28. The van der Waals surface area contributed by atoms with Crippen LogP contribution in [0.5, 0.6) is 0 Å². The summed E-state index contributed by atoms with van der Waals surface area (Å²) in [5.41, 5.74) is 0.515. The molecule has 0 aromatic rings. The molecule has 0 N–H and O–H groups in total. The van der Waals surface area contributed by atoms with Crippen molar-refractivity contribution < 1.29 is 16.5 Å². The van der Waals surface area contributed by atoms with Crippen LogP contribution in [0.4, 0.5) is 0 Å². The summed E-state index contributed by atoms with van der Waals surface area (Å²) in [6.45, 7) is 21.9. The standard InChI is InChI=1S/C11H34O4Si5/c1-11(2)19(9,10)15-20(12-16(3)4,13-17(5)6)14-18(7)8/h11,16-18H,1-10H3. The van der Waals surface area contributed by atoms with Gasteiger partial charge in [-0.25, -0.2) is 0 Å². The first-order chi connectivity index (χ1) is 8.90. The second-order valence-electron chi connectivity index (χ2n) is 6.86. The molecule has 0 saturated carbocycles. The van der Waals surface area contributed by atoms with Crippen molar-refractivity contribution in [1.29, 1.82) is 0 Å². The second kappa shape index (κ2) is 8.53. The molecule has 0 aliphatic heterocycles. The van der Waals surface area contributed by atoms with Crippen LogP contribution >= 0.6 is 0 Å². The van der Waals surface area contributed by atoms with E-state index in [9.17, 15) is 0 Å². The molecule has 0 fully saturated rings. The summed E-state index contributed by atoms with van der Waals surface area (Å²) < 4.78 is 25.3. The summed E-state index contributed by atoms with van der Waals surface area (Å²) in [7, 11) is -8.64. The van der Waals surface area contributed by atoms with Crippen LogP contribution in [0.15, 0.2) is 0 Å². The highest BCUT2D eigenvalue weighted by molar-refractivity contribution is 6.85. The predicted octanol–water partition coefficient (Wildman–Crippen LogP) is 3.05. The Labute approximate surface area is 133 Å². The van der Waals surface area contributed by atoms with E-state index in [0.29, 0.717) is 5.54 Å². The van der Waals surface area contributed by atoms with Gasteiger partial charge in [0.05, 0.1) is 0 Å². The van der Waals surface area contributed by atoms with Crippen molar-refractivity contribution in [3.8, 4) is 0 Å². The molecule has 4 nitrogen and oxygen atoms in total. The van der Waals surface area contributed by atoms with E-state index >= 15 is 0 Å². The Kier molecular flexibility index (Phi) is 8.92. The van der Waals surface area contributed by atoms with Crippen LogP contribution in [0.1, 0.15) is 13.8 Å². The second-order valence-corrected chi connectivity index (χ2v) is 22.2. The van der Waals surface area contributed by atoms with Gasteiger partial charge in [0.2, 0.25) is 0 Å². The lowest BCUT2D eigenvalue weighted by atomic mass is 10.6. The molecule has 0 saturated heterocycles. The summed E-state index contributed by atoms with van der Waals surface area (Å²) in [6, 6.07) is 0. The quantitative estimate of drug-likeness (QED) is 0.585. The van der Waals surface area contributed by atoms with E-state index in [-0.39, 0.29) is 0 Å². The fraction of sp³-hybridized carbons (Fsp3) is 1.00. The number of hydrogen-bond acceptors (Lipinski definition) is 4. The third kappa shape index (κ3) is 7.80. The smallest absolute Gasteiger partial charge is 0.399 e. The fourth-order valence-corrected chi connectivity index (χ4v) is 16.0. The lowest BCUT2D eigenvalue weighted by Gasteiger charge is -2.40. The van der Waals surface area contributed by atoms with Crippen molar-refractivity contribution in [1.82, 2.24) is 0 Å². The van der Waals surface area contributed by atoms with Crippen LogP contribution < -0.4 is 0 Å². The van der Waals surface area contributed by atoms with Gasteiger partial charge in [-0.15, -0.1) is 0 Å². The first-order valence-corrected chi connectivity index (χ1v) is 20.6. The largest absolute Gasteiger partial charge is 0.636 e. The van der Waals surface area contributed by atoms with Crippen LogP contribution in [-0.4, -0.2) is 44.5 Å². The summed E-state index contributed by atoms with van der Waals surface area (Å²) in [6.07, 6.45) is 0. The van der Waals surface area contributed by atoms with Gasteiger partial charge in [0.15, 0.2) is 35.4 Å². The van der Waals surface area contributed by atoms with E-state index in [0.717, 1.165) is 0 Å². The molecule has 0 atom stereocenters. The van der Waals surface area contributed by atoms with Crippen LogP contribution in [0.3, 0.4) is 0 Å². The van der Waals surface area contributed by atoms with Crippen LogP contribution in [0.25, 0.3) is 0 Å². The molecule has 0 amide bonds. The summed E-state index contributed by atoms with van der Waals surface area (Å²) in [5.74, 6) is 0. The van der Waals surface area contributed by atoms with E-state index in [1.54, 1.807) is 0 Å². The molecule has 0 unspecified atom stereocenters. The lowest BCUT2D eigenvalue weighted by Crippen LogP contribution is -2.61. The molecule has 20 heavy (non-hydrogen) atoms. The highest BCUT2D eigenvalue weighted by atomic mass is 28.5. The van der Waals surface area contributed by atoms with Gasteiger partial charge in [0, 0.05) is 0 Å². The van der Waals surface area contributed by atoms with Crippen LogP contribution in [0, 0.1) is 0 Å². The van der Waals surface area contributed by atoms with Gasteiger partial charge in [-0.05, 0) is 57.9 Å². The molecule has 0 aromatic carbocycles. The van der Waals surface area contributed by atoms with Gasteiger partial charge < -0.3 is 16.5 Å². The number of hydrogen-bond donors (Lipinski definition) is 0. The molecule has 0 radical (unpaired) electrons. The average Bonchev–Trinajstić information content (AvgIpc) is 2.10. The normalized spacial score (nSPS) is 14.1. The van der Waals surface area contributed by atoms with E-state index in [4.69, 9.17) is 16.5 Å². The predicted molar refractivity (Wildman–Crippen MR) is 99.3 cm³/mol. The first kappa shape index (κ1) is 20.9. The highest BCUT2D eigenvalue weighted by Gasteiger charge is 2.51. The summed E-state index contributed by atoms with van der Waals surface area (Å²) >= 11 is 0. The molecular weight excluding hydrogens is 337 g/mol. The summed E-state index contributed by atoms with van der Waals surface area (Å²) in [4.78, 5) is 0. The molecule has 0 spiro atoms. The average molecular weight is 371 g/mol. The fourth-order valence-electron chi connectivity index (χ4n) is 1.46. The Bertz CT molecular complexity index is 257. The van der Waals surface area contributed by atoms with E-state index in [1.807, 2.05) is 0 Å². The Morgan fingerprint density at radius 2 is 1.00 bits per heavy atom. The molecule has 0 heterocycles. The van der Waals surface area contributed by atoms with Gasteiger partial charge >= 0.3 is 9.05 Å². The maximum Gasteiger partial charge on any atom is 0.636 e. The van der Waals surface area contributed by atoms with E-state index in [2.05, 4.69) is 66.2 Å². The molecular formula is C11H34O4Si5. The van der Waals surface area contributed by atoms with Crippen LogP contribution in [0.2, 0.25) is 57.9 Å². The zero-order valence-electron chi connectivity index (χ0n) is 14.9. The first-order valence-electron chi connectivity index (χ1n) is 7.64. The van der Waals surface area contributed by atoms with Crippen molar-refractivity contribution in [3.63, 3.8) is 0 Å². The molecule has 9 heteroatoms. The van der Waals surface area contributed by atoms with Gasteiger partial charge in [0.25, 0.3) is 0 Å². The summed E-state index contributed by atoms with van der Waals surface area (Å²) in [5, 5.41) is 0. The topological polar surface area (TPSA) is 36.9 Å². The van der Waals surface area contributed by atoms with Crippen molar-refractivity contribution >= 4 is 44.5 Å². The molecule has 0 aliphatic carbocycles. The molecule has 122 valence electrons. The van der Waals surface area contributed by atoms with Crippen molar-refractivity contribution in [2.75, 3.05) is 0 Å². The third-order valence-corrected chi connectivity index (χ3v) is 17.9. The Morgan fingerprint density at radius 3 is 1.20 bits per heavy atom. The monoisotopic (exact) mass is 370 g/mol. The van der Waals surface area contributed by atoms with Crippen molar-refractivity contribution in [2.24, 2.45) is 0 Å². The van der Waals surface area contributed by atoms with Gasteiger partial charge in [-0.3, -0.25) is 0 Å². The van der Waals surface area contributed by atoms with Gasteiger partial charge in [-0.1, -0.05) is 13.8 Å². The number of rotatable bonds is 9. The minimum atomic E-state index is -2.94. The van der Waals surface area contributed by atoms with Crippen molar-refractivity contribution in [2.45, 2.75) is 71.8 Å². The van der Waals surface area contributed by atoms with E-state index < -0.39 is 44.5 Å². The zero-order valence-corrected chi connectivity index (χ0v) is 20.4. The lowest BCUT2D eigenvalue weighted by molar-refractivity contribution is 0.158. The van der Waals surface area contributed by atoms with E-state index in [1.165, 1.54) is 0 Å². The maximum atomic E-state index is 6.53. The van der Waals surface area contributed by atoms with Gasteiger partial charge in [0.1, 0.15) is 0 Å². The van der Waals surface area contributed by atoms with Gasteiger partial charge in [-0.2, -0.15) is 0 Å². The Morgan fingerprint density at radius 1 is 0.700 bits per heavy atom. The molecule has 0 aliphatic rings. The molecule has 0 rings (SSSR count). The van der Waals surface area contributed by atoms with Crippen molar-refractivity contribution in [3.05, 3.63) is 0 Å². The van der Waals surface area contributed by atoms with Crippen LogP contribution in [-0.2, 0) is 16.5 Å². The zero-order chi connectivity index (χ0) is 16.1. The Hall–Kier alpha value is 0.924. The minimum absolute atomic E-state index is 0.515. The third-order valence-electron chi connectivity index (χ3n) is 2.92. The molecule has 0 bridgehead atoms. The minimum Gasteiger partial charge on any atom is -0.399 e.